The summed E-state index contributed by atoms with van der Waals surface area (Å²) >= 11 is 1.57. The first-order chi connectivity index (χ1) is 13.5. The molecule has 0 unspecified atom stereocenters. The van der Waals surface area contributed by atoms with E-state index < -0.39 is 0 Å². The summed E-state index contributed by atoms with van der Waals surface area (Å²) in [5.74, 6) is 1.48. The molecule has 0 radical (unpaired) electrons. The first-order valence-corrected chi connectivity index (χ1v) is 11.1. The van der Waals surface area contributed by atoms with Gasteiger partial charge in [-0.3, -0.25) is 4.79 Å². The predicted molar refractivity (Wildman–Crippen MR) is 114 cm³/mol. The number of methoxy groups -OCH3 is 1. The average Bonchev–Trinajstić information content (AvgIpc) is 3.51. The minimum absolute atomic E-state index is 0.198. The number of ether oxygens (including phenoxy) is 1. The van der Waals surface area contributed by atoms with Crippen LogP contribution in [0.3, 0.4) is 0 Å². The molecule has 0 bridgehead atoms. The van der Waals surface area contributed by atoms with Crippen molar-refractivity contribution in [2.24, 2.45) is 0 Å². The Kier molecular flexibility index (Phi) is 7.05. The Labute approximate surface area is 172 Å². The van der Waals surface area contributed by atoms with E-state index in [-0.39, 0.29) is 5.91 Å². The van der Waals surface area contributed by atoms with Gasteiger partial charge < -0.3 is 14.2 Å². The molecule has 0 spiro atoms. The van der Waals surface area contributed by atoms with Gasteiger partial charge in [0.15, 0.2) is 5.16 Å². The van der Waals surface area contributed by atoms with Gasteiger partial charge in [0.25, 0.3) is 0 Å². The van der Waals surface area contributed by atoms with Gasteiger partial charge in [0.1, 0.15) is 5.75 Å². The first-order valence-electron chi connectivity index (χ1n) is 10.1. The number of carbonyl (C=O) groups is 1. The largest absolute Gasteiger partial charge is 0.497 e. The van der Waals surface area contributed by atoms with Crippen molar-refractivity contribution in [3.8, 4) is 5.75 Å². The van der Waals surface area contributed by atoms with Gasteiger partial charge in [-0.2, -0.15) is 0 Å². The van der Waals surface area contributed by atoms with E-state index >= 15 is 0 Å². The molecule has 1 aromatic heterocycles. The summed E-state index contributed by atoms with van der Waals surface area (Å²) in [7, 11) is 1.67. The minimum atomic E-state index is 0.198. The number of thioether (sulfide) groups is 1. The zero-order chi connectivity index (χ0) is 20.1. The number of unbranched alkanes of at least 4 members (excludes halogenated alkanes) is 1. The Hall–Kier alpha value is -1.95. The zero-order valence-corrected chi connectivity index (χ0v) is 18.2. The number of carbonyl (C=O) groups excluding carboxylic acids is 1. The number of imidazole rings is 1. The number of benzene rings is 1. The molecule has 1 aliphatic carbocycles. The summed E-state index contributed by atoms with van der Waals surface area (Å²) in [6.45, 7) is 7.99. The van der Waals surface area contributed by atoms with Crippen LogP contribution < -0.4 is 4.74 Å². The smallest absolute Gasteiger partial charge is 0.233 e. The fourth-order valence-corrected chi connectivity index (χ4v) is 4.26. The molecule has 6 heteroatoms. The van der Waals surface area contributed by atoms with Crippen molar-refractivity contribution in [3.63, 3.8) is 0 Å². The summed E-state index contributed by atoms with van der Waals surface area (Å²) in [4.78, 5) is 19.7. The number of hydrogen-bond donors (Lipinski definition) is 0. The molecule has 1 aromatic carbocycles. The Morgan fingerprint density at radius 3 is 2.61 bits per heavy atom. The highest BCUT2D eigenvalue weighted by atomic mass is 32.2. The second-order valence-electron chi connectivity index (χ2n) is 7.46. The van der Waals surface area contributed by atoms with Gasteiger partial charge in [-0.15, -0.1) is 0 Å². The van der Waals surface area contributed by atoms with Crippen LogP contribution >= 0.6 is 11.8 Å². The van der Waals surface area contributed by atoms with E-state index in [2.05, 4.69) is 18.4 Å². The van der Waals surface area contributed by atoms with E-state index in [0.717, 1.165) is 54.4 Å². The molecule has 28 heavy (non-hydrogen) atoms. The molecular weight excluding hydrogens is 370 g/mol. The second kappa shape index (κ2) is 9.50. The van der Waals surface area contributed by atoms with E-state index in [1.807, 2.05) is 36.1 Å². The minimum Gasteiger partial charge on any atom is -0.497 e. The Morgan fingerprint density at radius 2 is 2.00 bits per heavy atom. The van der Waals surface area contributed by atoms with Crippen molar-refractivity contribution < 1.29 is 9.53 Å². The Bertz CT molecular complexity index is 797. The topological polar surface area (TPSA) is 47.4 Å². The van der Waals surface area contributed by atoms with Crippen molar-refractivity contribution in [2.45, 2.75) is 70.7 Å². The molecular formula is C22H31N3O2S. The lowest BCUT2D eigenvalue weighted by Crippen LogP contribution is -2.34. The highest BCUT2D eigenvalue weighted by Crippen LogP contribution is 2.30. The molecule has 1 heterocycles. The van der Waals surface area contributed by atoms with Crippen LogP contribution in [0.2, 0.25) is 0 Å². The molecule has 1 amide bonds. The molecule has 1 fully saturated rings. The average molecular weight is 402 g/mol. The highest BCUT2D eigenvalue weighted by Gasteiger charge is 2.32. The fourth-order valence-electron chi connectivity index (χ4n) is 3.26. The molecule has 0 atom stereocenters. The number of rotatable bonds is 10. The van der Waals surface area contributed by atoms with Crippen LogP contribution in [0, 0.1) is 13.8 Å². The molecule has 0 N–H and O–H groups in total. The summed E-state index contributed by atoms with van der Waals surface area (Å²) in [5.41, 5.74) is 3.41. The number of aromatic nitrogens is 2. The molecule has 3 rings (SSSR count). The van der Waals surface area contributed by atoms with Crippen LogP contribution in [-0.2, 0) is 17.9 Å². The van der Waals surface area contributed by atoms with Gasteiger partial charge in [0.05, 0.1) is 18.6 Å². The van der Waals surface area contributed by atoms with Crippen molar-refractivity contribution in [3.05, 3.63) is 41.2 Å². The molecule has 2 aromatic rings. The summed E-state index contributed by atoms with van der Waals surface area (Å²) < 4.78 is 7.49. The summed E-state index contributed by atoms with van der Waals surface area (Å²) in [6.07, 6.45) is 4.49. The number of hydrogen-bond acceptors (Lipinski definition) is 4. The molecule has 1 aliphatic rings. The molecule has 152 valence electrons. The first kappa shape index (κ1) is 20.8. The number of nitrogens with zero attached hydrogens (tertiary/aromatic N) is 3. The maximum atomic E-state index is 13.0. The lowest BCUT2D eigenvalue weighted by molar-refractivity contribution is -0.129. The van der Waals surface area contributed by atoms with Crippen molar-refractivity contribution in [1.82, 2.24) is 14.5 Å². The maximum Gasteiger partial charge on any atom is 0.233 e. The monoisotopic (exact) mass is 401 g/mol. The SMILES string of the molecule is CCCCn1c(SCC(=O)N(Cc2ccc(OC)cc2)C2CC2)nc(C)c1C. The Morgan fingerprint density at radius 1 is 1.29 bits per heavy atom. The van der Waals surface area contributed by atoms with E-state index in [9.17, 15) is 4.79 Å². The van der Waals surface area contributed by atoms with Gasteiger partial charge in [-0.05, 0) is 50.8 Å². The highest BCUT2D eigenvalue weighted by molar-refractivity contribution is 7.99. The van der Waals surface area contributed by atoms with Crippen LogP contribution in [0.15, 0.2) is 29.4 Å². The zero-order valence-electron chi connectivity index (χ0n) is 17.4. The van der Waals surface area contributed by atoms with Crippen molar-refractivity contribution in [1.29, 1.82) is 0 Å². The summed E-state index contributed by atoms with van der Waals surface area (Å²) in [5, 5.41) is 0.969. The van der Waals surface area contributed by atoms with E-state index in [1.54, 1.807) is 18.9 Å². The van der Waals surface area contributed by atoms with Gasteiger partial charge in [0.2, 0.25) is 5.91 Å². The van der Waals surface area contributed by atoms with E-state index in [1.165, 1.54) is 5.69 Å². The fraction of sp³-hybridized carbons (Fsp3) is 0.545. The normalized spacial score (nSPS) is 13.6. The Balaban J connectivity index is 1.64. The summed E-state index contributed by atoms with van der Waals surface area (Å²) in [6, 6.07) is 8.38. The molecule has 0 aliphatic heterocycles. The number of aryl methyl sites for hydroxylation is 1. The lowest BCUT2D eigenvalue weighted by atomic mass is 10.2. The third kappa shape index (κ3) is 5.10. The molecule has 0 saturated heterocycles. The third-order valence-electron chi connectivity index (χ3n) is 5.30. The molecule has 1 saturated carbocycles. The van der Waals surface area contributed by atoms with Crippen LogP contribution in [0.25, 0.3) is 0 Å². The van der Waals surface area contributed by atoms with Crippen LogP contribution in [-0.4, -0.2) is 39.3 Å². The molecule has 5 nitrogen and oxygen atoms in total. The van der Waals surface area contributed by atoms with Crippen molar-refractivity contribution >= 4 is 17.7 Å². The quantitative estimate of drug-likeness (QED) is 0.546. The van der Waals surface area contributed by atoms with Gasteiger partial charge in [-0.1, -0.05) is 37.2 Å². The van der Waals surface area contributed by atoms with Gasteiger partial charge in [0, 0.05) is 24.8 Å². The van der Waals surface area contributed by atoms with Crippen molar-refractivity contribution in [2.75, 3.05) is 12.9 Å². The second-order valence-corrected chi connectivity index (χ2v) is 8.40. The lowest BCUT2D eigenvalue weighted by Gasteiger charge is -2.22. The van der Waals surface area contributed by atoms with Crippen LogP contribution in [0.1, 0.15) is 49.6 Å². The van der Waals surface area contributed by atoms with Gasteiger partial charge in [-0.25, -0.2) is 4.98 Å². The number of amides is 1. The van der Waals surface area contributed by atoms with Gasteiger partial charge >= 0.3 is 0 Å². The third-order valence-corrected chi connectivity index (χ3v) is 6.26. The van der Waals surface area contributed by atoms with E-state index in [4.69, 9.17) is 9.72 Å². The maximum absolute atomic E-state index is 13.0. The van der Waals surface area contributed by atoms with Crippen LogP contribution in [0.5, 0.6) is 5.75 Å². The predicted octanol–water partition coefficient (Wildman–Crippen LogP) is 4.59. The van der Waals surface area contributed by atoms with E-state index in [0.29, 0.717) is 18.3 Å². The standard InChI is InChI=1S/C22H31N3O2S/c1-5-6-13-24-17(3)16(2)23-22(24)28-15-21(26)25(19-9-10-19)14-18-7-11-20(27-4)12-8-18/h7-8,11-12,19H,5-6,9-10,13-15H2,1-4H3. The van der Waals surface area contributed by atoms with Crippen LogP contribution in [0.4, 0.5) is 0 Å².